The van der Waals surface area contributed by atoms with Gasteiger partial charge in [-0.2, -0.15) is 5.10 Å². The maximum Gasteiger partial charge on any atom is 0.350 e. The van der Waals surface area contributed by atoms with Crippen LogP contribution in [0.15, 0.2) is 61.1 Å². The van der Waals surface area contributed by atoms with Crippen LogP contribution in [0.5, 0.6) is 11.5 Å². The molecule has 0 aliphatic carbocycles. The number of hydrogen-bond donors (Lipinski definition) is 2. The third-order valence-electron chi connectivity index (χ3n) is 4.76. The van der Waals surface area contributed by atoms with Gasteiger partial charge in [0.25, 0.3) is 0 Å². The lowest BCUT2D eigenvalue weighted by Gasteiger charge is -2.00. The van der Waals surface area contributed by atoms with Gasteiger partial charge in [0, 0.05) is 15.4 Å². The van der Waals surface area contributed by atoms with E-state index >= 15 is 0 Å². The molecule has 1 aliphatic heterocycles. The number of nitrogens with zero attached hydrogens (tertiary/aromatic N) is 2. The first-order chi connectivity index (χ1) is 14.5. The van der Waals surface area contributed by atoms with Crippen LogP contribution >= 0.6 is 15.9 Å². The average Bonchev–Trinajstić information content (AvgIpc) is 3.32. The van der Waals surface area contributed by atoms with E-state index in [2.05, 4.69) is 31.0 Å². The Kier molecular flexibility index (Phi) is 4.32. The van der Waals surface area contributed by atoms with Crippen molar-refractivity contribution in [3.63, 3.8) is 0 Å². The van der Waals surface area contributed by atoms with Crippen LogP contribution in [-0.2, 0) is 0 Å². The number of ether oxygens (including phenoxy) is 2. The van der Waals surface area contributed by atoms with E-state index in [4.69, 9.17) is 9.47 Å². The summed E-state index contributed by atoms with van der Waals surface area (Å²) in [5, 5.41) is 4.85. The van der Waals surface area contributed by atoms with Crippen LogP contribution in [0.4, 0.5) is 0 Å². The maximum atomic E-state index is 12.8. The lowest BCUT2D eigenvalue weighted by Crippen LogP contribution is -2.32. The SMILES string of the molecule is CC(/C=N/n1c(=O)[nH]c2c([nH]c3ccc(Br)cc32)c1=O)=C\c1ccc2c(c1)OCO2. The second-order valence-electron chi connectivity index (χ2n) is 6.86. The average molecular weight is 467 g/mol. The Morgan fingerprint density at radius 1 is 1.10 bits per heavy atom. The molecule has 9 heteroatoms. The Bertz CT molecular complexity index is 1490. The third kappa shape index (κ3) is 3.13. The van der Waals surface area contributed by atoms with E-state index < -0.39 is 11.2 Å². The molecule has 4 aromatic rings. The van der Waals surface area contributed by atoms with Crippen LogP contribution in [0.2, 0.25) is 0 Å². The Morgan fingerprint density at radius 2 is 1.93 bits per heavy atom. The minimum atomic E-state index is -0.611. The Labute approximate surface area is 177 Å². The standard InChI is InChI=1S/C21H15BrN4O4/c1-11(6-12-2-5-16-17(7-12)30-10-29-16)9-23-26-20(27)19-18(25-21(26)28)14-8-13(22)3-4-15(14)24-19/h2-9,24H,10H2,1H3,(H,25,28)/b11-6+,23-9+. The van der Waals surface area contributed by atoms with Crippen molar-refractivity contribution in [1.82, 2.24) is 14.6 Å². The third-order valence-corrected chi connectivity index (χ3v) is 5.25. The predicted molar refractivity (Wildman–Crippen MR) is 118 cm³/mol. The highest BCUT2D eigenvalue weighted by molar-refractivity contribution is 9.10. The van der Waals surface area contributed by atoms with E-state index in [1.807, 2.05) is 49.4 Å². The van der Waals surface area contributed by atoms with Crippen molar-refractivity contribution in [2.24, 2.45) is 5.10 Å². The van der Waals surface area contributed by atoms with Crippen molar-refractivity contribution in [2.75, 3.05) is 6.79 Å². The number of aromatic nitrogens is 3. The highest BCUT2D eigenvalue weighted by Gasteiger charge is 2.14. The van der Waals surface area contributed by atoms with Gasteiger partial charge in [-0.15, -0.1) is 4.68 Å². The van der Waals surface area contributed by atoms with Crippen LogP contribution in [0.3, 0.4) is 0 Å². The largest absolute Gasteiger partial charge is 0.454 e. The van der Waals surface area contributed by atoms with E-state index in [-0.39, 0.29) is 12.3 Å². The summed E-state index contributed by atoms with van der Waals surface area (Å²) in [6, 6.07) is 11.1. The number of H-pyrrole nitrogens is 2. The Morgan fingerprint density at radius 3 is 2.80 bits per heavy atom. The van der Waals surface area contributed by atoms with Gasteiger partial charge in [-0.25, -0.2) is 4.79 Å². The van der Waals surface area contributed by atoms with E-state index in [0.29, 0.717) is 17.0 Å². The monoisotopic (exact) mass is 466 g/mol. The molecule has 1 aliphatic rings. The van der Waals surface area contributed by atoms with Crippen molar-refractivity contribution >= 4 is 50.2 Å². The second kappa shape index (κ2) is 7.03. The van der Waals surface area contributed by atoms with Gasteiger partial charge in [0.2, 0.25) is 6.79 Å². The molecular formula is C21H15BrN4O4. The smallest absolute Gasteiger partial charge is 0.350 e. The highest BCUT2D eigenvalue weighted by atomic mass is 79.9. The molecule has 0 fully saturated rings. The van der Waals surface area contributed by atoms with E-state index in [1.54, 1.807) is 0 Å². The van der Waals surface area contributed by atoms with E-state index in [9.17, 15) is 9.59 Å². The first-order valence-corrected chi connectivity index (χ1v) is 9.87. The normalized spacial score (nSPS) is 13.7. The zero-order valence-corrected chi connectivity index (χ0v) is 17.3. The number of benzene rings is 2. The van der Waals surface area contributed by atoms with Gasteiger partial charge in [-0.1, -0.05) is 28.1 Å². The summed E-state index contributed by atoms with van der Waals surface area (Å²) < 4.78 is 12.3. The van der Waals surface area contributed by atoms with Crippen LogP contribution < -0.4 is 20.7 Å². The van der Waals surface area contributed by atoms with Crippen LogP contribution in [-0.4, -0.2) is 27.7 Å². The molecule has 2 aromatic heterocycles. The van der Waals surface area contributed by atoms with Crippen molar-refractivity contribution in [2.45, 2.75) is 6.92 Å². The van der Waals surface area contributed by atoms with Gasteiger partial charge in [-0.3, -0.25) is 4.79 Å². The molecule has 0 spiro atoms. The number of rotatable bonds is 3. The minimum absolute atomic E-state index is 0.210. The molecule has 150 valence electrons. The second-order valence-corrected chi connectivity index (χ2v) is 7.77. The molecular weight excluding hydrogens is 452 g/mol. The van der Waals surface area contributed by atoms with Crippen molar-refractivity contribution < 1.29 is 9.47 Å². The van der Waals surface area contributed by atoms with Gasteiger partial charge in [-0.05, 0) is 48.4 Å². The van der Waals surface area contributed by atoms with Gasteiger partial charge in [0.1, 0.15) is 5.52 Å². The maximum absolute atomic E-state index is 12.8. The van der Waals surface area contributed by atoms with Crippen molar-refractivity contribution in [3.8, 4) is 11.5 Å². The zero-order chi connectivity index (χ0) is 20.8. The van der Waals surface area contributed by atoms with Crippen LogP contribution in [0.1, 0.15) is 12.5 Å². The number of nitrogens with one attached hydrogen (secondary N) is 2. The lowest BCUT2D eigenvalue weighted by atomic mass is 10.1. The van der Waals surface area contributed by atoms with Gasteiger partial charge < -0.3 is 19.4 Å². The number of aromatic amines is 2. The molecule has 3 heterocycles. The summed E-state index contributed by atoms with van der Waals surface area (Å²) in [6.45, 7) is 2.04. The first kappa shape index (κ1) is 18.4. The van der Waals surface area contributed by atoms with Gasteiger partial charge in [0.05, 0.1) is 11.7 Å². The lowest BCUT2D eigenvalue weighted by molar-refractivity contribution is 0.174. The molecule has 5 rings (SSSR count). The molecule has 0 radical (unpaired) electrons. The fourth-order valence-electron chi connectivity index (χ4n) is 3.37. The Balaban J connectivity index is 1.53. The topological polar surface area (TPSA) is 101 Å². The highest BCUT2D eigenvalue weighted by Crippen LogP contribution is 2.33. The summed E-state index contributed by atoms with van der Waals surface area (Å²) in [6.07, 6.45) is 3.33. The summed E-state index contributed by atoms with van der Waals surface area (Å²) in [5.74, 6) is 1.38. The number of halogens is 1. The summed E-state index contributed by atoms with van der Waals surface area (Å²) in [7, 11) is 0. The molecule has 0 unspecified atom stereocenters. The van der Waals surface area contributed by atoms with Crippen LogP contribution in [0.25, 0.3) is 28.0 Å². The number of fused-ring (bicyclic) bond motifs is 4. The quantitative estimate of drug-likeness (QED) is 0.450. The summed E-state index contributed by atoms with van der Waals surface area (Å²) in [5.41, 5.74) is 2.01. The minimum Gasteiger partial charge on any atom is -0.454 e. The summed E-state index contributed by atoms with van der Waals surface area (Å²) >= 11 is 3.40. The van der Waals surface area contributed by atoms with Gasteiger partial charge in [0.15, 0.2) is 11.5 Å². The predicted octanol–water partition coefficient (Wildman–Crippen LogP) is 3.60. The van der Waals surface area contributed by atoms with Crippen molar-refractivity contribution in [1.29, 1.82) is 0 Å². The first-order valence-electron chi connectivity index (χ1n) is 9.08. The molecule has 0 saturated heterocycles. The zero-order valence-electron chi connectivity index (χ0n) is 15.7. The molecule has 0 saturated carbocycles. The number of hydrogen-bond acceptors (Lipinski definition) is 5. The molecule has 2 aromatic carbocycles. The molecule has 30 heavy (non-hydrogen) atoms. The fraction of sp³-hybridized carbons (Fsp3) is 0.0952. The molecule has 2 N–H and O–H groups in total. The fourth-order valence-corrected chi connectivity index (χ4v) is 3.73. The number of allylic oxidation sites excluding steroid dienone is 1. The van der Waals surface area contributed by atoms with Gasteiger partial charge >= 0.3 is 11.2 Å². The molecule has 0 amide bonds. The van der Waals surface area contributed by atoms with Crippen LogP contribution in [0, 0.1) is 0 Å². The molecule has 0 bridgehead atoms. The Hall–Kier alpha value is -3.59. The molecule has 8 nitrogen and oxygen atoms in total. The van der Waals surface area contributed by atoms with Crippen molar-refractivity contribution in [3.05, 3.63) is 72.8 Å². The van der Waals surface area contributed by atoms with E-state index in [1.165, 1.54) is 6.21 Å². The van der Waals surface area contributed by atoms with E-state index in [0.717, 1.165) is 31.2 Å². The summed E-state index contributed by atoms with van der Waals surface area (Å²) in [4.78, 5) is 31.1. The molecule has 0 atom stereocenters.